The molecule has 0 saturated heterocycles. The molecule has 0 spiro atoms. The molecule has 3 rings (SSSR count). The Morgan fingerprint density at radius 1 is 1.22 bits per heavy atom. The van der Waals surface area contributed by atoms with Gasteiger partial charge in [-0.2, -0.15) is 5.10 Å². The minimum absolute atomic E-state index is 0.323. The second kappa shape index (κ2) is 4.21. The molecule has 1 aromatic heterocycles. The standard InChI is InChI=1S/C13H11ClFN3/c14-8-3-4-10(15)9(5-8)12-6-11(16)13(18-17-12)7-1-2-7/h3-7H,1-2H2,(H2,16,17). The molecule has 2 N–H and O–H groups in total. The lowest BCUT2D eigenvalue weighted by molar-refractivity contribution is 0.630. The third-order valence-corrected chi connectivity index (χ3v) is 3.26. The summed E-state index contributed by atoms with van der Waals surface area (Å²) in [5.74, 6) is 0.0445. The van der Waals surface area contributed by atoms with E-state index in [9.17, 15) is 4.39 Å². The van der Waals surface area contributed by atoms with Gasteiger partial charge >= 0.3 is 0 Å². The number of rotatable bonds is 2. The number of benzene rings is 1. The van der Waals surface area contributed by atoms with Gasteiger partial charge in [0, 0.05) is 16.5 Å². The van der Waals surface area contributed by atoms with Crippen molar-refractivity contribution in [3.8, 4) is 11.3 Å². The van der Waals surface area contributed by atoms with Crippen molar-refractivity contribution in [3.05, 3.63) is 40.8 Å². The predicted octanol–water partition coefficient (Wildman–Crippen LogP) is 3.40. The largest absolute Gasteiger partial charge is 0.397 e. The van der Waals surface area contributed by atoms with Gasteiger partial charge in [0.1, 0.15) is 5.82 Å². The van der Waals surface area contributed by atoms with Gasteiger partial charge < -0.3 is 5.73 Å². The molecule has 1 aliphatic rings. The van der Waals surface area contributed by atoms with Gasteiger partial charge in [0.05, 0.1) is 17.1 Å². The fourth-order valence-electron chi connectivity index (χ4n) is 1.92. The summed E-state index contributed by atoms with van der Waals surface area (Å²) in [4.78, 5) is 0. The van der Waals surface area contributed by atoms with Crippen molar-refractivity contribution in [1.29, 1.82) is 0 Å². The molecule has 0 unspecified atom stereocenters. The van der Waals surface area contributed by atoms with E-state index < -0.39 is 0 Å². The number of aromatic nitrogens is 2. The Bertz CT molecular complexity index is 611. The SMILES string of the molecule is Nc1cc(-c2cc(Cl)ccc2F)nnc1C1CC1. The van der Waals surface area contributed by atoms with Gasteiger partial charge in [0.15, 0.2) is 0 Å². The lowest BCUT2D eigenvalue weighted by Crippen LogP contribution is -2.01. The van der Waals surface area contributed by atoms with E-state index in [2.05, 4.69) is 10.2 Å². The highest BCUT2D eigenvalue weighted by Crippen LogP contribution is 2.41. The minimum atomic E-state index is -0.382. The molecule has 0 atom stereocenters. The lowest BCUT2D eigenvalue weighted by Gasteiger charge is -2.06. The Balaban J connectivity index is 2.06. The van der Waals surface area contributed by atoms with Crippen molar-refractivity contribution in [3.63, 3.8) is 0 Å². The predicted molar refractivity (Wildman–Crippen MR) is 68.8 cm³/mol. The van der Waals surface area contributed by atoms with E-state index in [0.717, 1.165) is 18.5 Å². The van der Waals surface area contributed by atoms with Gasteiger partial charge in [-0.05, 0) is 37.1 Å². The molecule has 3 nitrogen and oxygen atoms in total. The molecule has 1 heterocycles. The Kier molecular flexibility index (Phi) is 2.67. The zero-order valence-corrected chi connectivity index (χ0v) is 10.3. The zero-order chi connectivity index (χ0) is 12.7. The van der Waals surface area contributed by atoms with E-state index in [-0.39, 0.29) is 5.82 Å². The molecule has 0 aliphatic heterocycles. The van der Waals surface area contributed by atoms with Crippen molar-refractivity contribution in [2.24, 2.45) is 0 Å². The summed E-state index contributed by atoms with van der Waals surface area (Å²) < 4.78 is 13.7. The third kappa shape index (κ3) is 2.04. The molecule has 1 aromatic carbocycles. The van der Waals surface area contributed by atoms with Crippen LogP contribution in [-0.2, 0) is 0 Å². The molecule has 0 amide bonds. The number of nitrogens with two attached hydrogens (primary N) is 1. The molecule has 1 fully saturated rings. The monoisotopic (exact) mass is 263 g/mol. The molecular weight excluding hydrogens is 253 g/mol. The molecule has 5 heteroatoms. The van der Waals surface area contributed by atoms with E-state index in [1.807, 2.05) is 0 Å². The van der Waals surface area contributed by atoms with E-state index in [0.29, 0.717) is 27.9 Å². The Hall–Kier alpha value is -1.68. The van der Waals surface area contributed by atoms with Gasteiger partial charge in [0.2, 0.25) is 0 Å². The Labute approximate surface area is 109 Å². The average molecular weight is 264 g/mol. The van der Waals surface area contributed by atoms with Crippen molar-refractivity contribution >= 4 is 17.3 Å². The van der Waals surface area contributed by atoms with E-state index in [1.54, 1.807) is 6.07 Å². The van der Waals surface area contributed by atoms with Crippen LogP contribution >= 0.6 is 11.6 Å². The molecule has 0 bridgehead atoms. The van der Waals surface area contributed by atoms with Crippen molar-refractivity contribution in [2.75, 3.05) is 5.73 Å². The van der Waals surface area contributed by atoms with Gasteiger partial charge in [-0.15, -0.1) is 5.10 Å². The molecule has 0 radical (unpaired) electrons. The van der Waals surface area contributed by atoms with Gasteiger partial charge in [-0.25, -0.2) is 4.39 Å². The molecular formula is C13H11ClFN3. The fraction of sp³-hybridized carbons (Fsp3) is 0.231. The first-order valence-corrected chi connectivity index (χ1v) is 6.11. The maximum absolute atomic E-state index is 13.7. The summed E-state index contributed by atoms with van der Waals surface area (Å²) in [7, 11) is 0. The van der Waals surface area contributed by atoms with Crippen molar-refractivity contribution in [1.82, 2.24) is 10.2 Å². The van der Waals surface area contributed by atoms with Crippen LogP contribution in [0.3, 0.4) is 0 Å². The van der Waals surface area contributed by atoms with Crippen LogP contribution in [0, 0.1) is 5.82 Å². The van der Waals surface area contributed by atoms with E-state index in [4.69, 9.17) is 17.3 Å². The van der Waals surface area contributed by atoms with Gasteiger partial charge in [-0.3, -0.25) is 0 Å². The van der Waals surface area contributed by atoms with Crippen LogP contribution in [0.15, 0.2) is 24.3 Å². The summed E-state index contributed by atoms with van der Waals surface area (Å²) in [6.07, 6.45) is 2.20. The summed E-state index contributed by atoms with van der Waals surface area (Å²) in [6, 6.07) is 5.99. The average Bonchev–Trinajstić information content (AvgIpc) is 3.16. The van der Waals surface area contributed by atoms with Crippen molar-refractivity contribution < 1.29 is 4.39 Å². The number of hydrogen-bond donors (Lipinski definition) is 1. The van der Waals surface area contributed by atoms with Crippen LogP contribution in [0.25, 0.3) is 11.3 Å². The fourth-order valence-corrected chi connectivity index (χ4v) is 2.09. The van der Waals surface area contributed by atoms with Crippen LogP contribution in [0.1, 0.15) is 24.5 Å². The number of hydrogen-bond acceptors (Lipinski definition) is 3. The van der Waals surface area contributed by atoms with Crippen molar-refractivity contribution in [2.45, 2.75) is 18.8 Å². The highest BCUT2D eigenvalue weighted by molar-refractivity contribution is 6.30. The second-order valence-corrected chi connectivity index (χ2v) is 4.91. The van der Waals surface area contributed by atoms with Gasteiger partial charge in [-0.1, -0.05) is 11.6 Å². The molecule has 18 heavy (non-hydrogen) atoms. The smallest absolute Gasteiger partial charge is 0.132 e. The Morgan fingerprint density at radius 2 is 2.00 bits per heavy atom. The molecule has 92 valence electrons. The molecule has 1 saturated carbocycles. The lowest BCUT2D eigenvalue weighted by atomic mass is 10.1. The number of nitrogen functional groups attached to an aromatic ring is 1. The summed E-state index contributed by atoms with van der Waals surface area (Å²) in [5.41, 5.74) is 8.06. The second-order valence-electron chi connectivity index (χ2n) is 4.47. The van der Waals surface area contributed by atoms with E-state index >= 15 is 0 Å². The topological polar surface area (TPSA) is 51.8 Å². The minimum Gasteiger partial charge on any atom is -0.397 e. The van der Waals surface area contributed by atoms with Crippen LogP contribution in [0.5, 0.6) is 0 Å². The van der Waals surface area contributed by atoms with Crippen LogP contribution in [-0.4, -0.2) is 10.2 Å². The first-order chi connectivity index (χ1) is 8.65. The Morgan fingerprint density at radius 3 is 2.67 bits per heavy atom. The summed E-state index contributed by atoms with van der Waals surface area (Å²) in [6.45, 7) is 0. The molecule has 1 aliphatic carbocycles. The highest BCUT2D eigenvalue weighted by Gasteiger charge is 2.28. The third-order valence-electron chi connectivity index (χ3n) is 3.02. The maximum atomic E-state index is 13.7. The first-order valence-electron chi connectivity index (χ1n) is 5.73. The van der Waals surface area contributed by atoms with E-state index in [1.165, 1.54) is 18.2 Å². The zero-order valence-electron chi connectivity index (χ0n) is 9.53. The van der Waals surface area contributed by atoms with Gasteiger partial charge in [0.25, 0.3) is 0 Å². The molecule has 2 aromatic rings. The quantitative estimate of drug-likeness (QED) is 0.903. The highest BCUT2D eigenvalue weighted by atomic mass is 35.5. The first kappa shape index (κ1) is 11.4. The summed E-state index contributed by atoms with van der Waals surface area (Å²) in [5, 5.41) is 8.60. The number of anilines is 1. The van der Waals surface area contributed by atoms with Crippen LogP contribution in [0.4, 0.5) is 10.1 Å². The van der Waals surface area contributed by atoms with Crippen LogP contribution in [0.2, 0.25) is 5.02 Å². The number of nitrogens with zero attached hydrogens (tertiary/aromatic N) is 2. The normalized spacial score (nSPS) is 14.8. The summed E-state index contributed by atoms with van der Waals surface area (Å²) >= 11 is 5.85. The van der Waals surface area contributed by atoms with Crippen LogP contribution < -0.4 is 5.73 Å². The number of halogens is 2. The maximum Gasteiger partial charge on any atom is 0.132 e.